The van der Waals surface area contributed by atoms with E-state index in [4.69, 9.17) is 14.2 Å². The molecular weight excluding hydrogens is 961 g/mol. The molecule has 0 aromatic heterocycles. The summed E-state index contributed by atoms with van der Waals surface area (Å²) in [5.74, 6) is -0.943. The summed E-state index contributed by atoms with van der Waals surface area (Å²) in [6.07, 6.45) is 89.6. The molecule has 1 atom stereocenters. The number of ether oxygens (including phenoxy) is 3. The van der Waals surface area contributed by atoms with Crippen LogP contribution in [0.5, 0.6) is 0 Å². The normalized spacial score (nSPS) is 12.8. The average molecular weight is 1080 g/mol. The van der Waals surface area contributed by atoms with Crippen LogP contribution >= 0.6 is 0 Å². The van der Waals surface area contributed by atoms with Crippen molar-refractivity contribution in [3.05, 3.63) is 109 Å². The maximum absolute atomic E-state index is 12.9. The molecule has 0 saturated carbocycles. The van der Waals surface area contributed by atoms with E-state index < -0.39 is 6.10 Å². The van der Waals surface area contributed by atoms with Crippen molar-refractivity contribution in [1.29, 1.82) is 0 Å². The Morgan fingerprint density at radius 3 is 0.782 bits per heavy atom. The number of allylic oxidation sites excluding steroid dienone is 18. The molecule has 446 valence electrons. The van der Waals surface area contributed by atoms with Crippen LogP contribution in [0.3, 0.4) is 0 Å². The molecule has 1 unspecified atom stereocenters. The Balaban J connectivity index is 4.39. The molecular formula is C72H122O6. The fourth-order valence-electron chi connectivity index (χ4n) is 9.15. The third kappa shape index (κ3) is 62.9. The Kier molecular flexibility index (Phi) is 62.3. The van der Waals surface area contributed by atoms with Gasteiger partial charge in [-0.2, -0.15) is 0 Å². The van der Waals surface area contributed by atoms with E-state index in [1.165, 1.54) is 161 Å². The first-order valence-electron chi connectivity index (χ1n) is 32.9. The lowest BCUT2D eigenvalue weighted by atomic mass is 10.0. The molecule has 0 heterocycles. The molecule has 0 aromatic carbocycles. The van der Waals surface area contributed by atoms with Crippen LogP contribution < -0.4 is 0 Å². The van der Waals surface area contributed by atoms with Gasteiger partial charge in [-0.05, 0) is 83.5 Å². The lowest BCUT2D eigenvalue weighted by molar-refractivity contribution is -0.167. The molecule has 0 aliphatic carbocycles. The number of rotatable bonds is 59. The number of carbonyl (C=O) groups excluding carboxylic acids is 3. The molecule has 0 aromatic rings. The lowest BCUT2D eigenvalue weighted by Crippen LogP contribution is -2.30. The zero-order valence-corrected chi connectivity index (χ0v) is 51.2. The Morgan fingerprint density at radius 1 is 0.269 bits per heavy atom. The predicted octanol–water partition coefficient (Wildman–Crippen LogP) is 22.6. The zero-order chi connectivity index (χ0) is 56.4. The van der Waals surface area contributed by atoms with Crippen LogP contribution in [0.2, 0.25) is 0 Å². The smallest absolute Gasteiger partial charge is 0.306 e. The van der Waals surface area contributed by atoms with Crippen molar-refractivity contribution in [2.75, 3.05) is 13.2 Å². The first-order chi connectivity index (χ1) is 38.5. The molecule has 0 fully saturated rings. The second-order valence-electron chi connectivity index (χ2n) is 21.7. The summed E-state index contributed by atoms with van der Waals surface area (Å²) in [6, 6.07) is 0. The quantitative estimate of drug-likeness (QED) is 0.0261. The molecule has 0 rings (SSSR count). The highest BCUT2D eigenvalue weighted by Gasteiger charge is 2.19. The van der Waals surface area contributed by atoms with Gasteiger partial charge in [-0.1, -0.05) is 316 Å². The van der Waals surface area contributed by atoms with Crippen molar-refractivity contribution in [2.24, 2.45) is 0 Å². The minimum absolute atomic E-state index is 0.0924. The molecule has 0 amide bonds. The minimum atomic E-state index is -0.800. The number of unbranched alkanes of at least 4 members (excludes halogenated alkanes) is 30. The Hall–Kier alpha value is -3.93. The van der Waals surface area contributed by atoms with Gasteiger partial charge in [0.2, 0.25) is 0 Å². The third-order valence-electron chi connectivity index (χ3n) is 14.0. The molecule has 78 heavy (non-hydrogen) atoms. The minimum Gasteiger partial charge on any atom is -0.462 e. The third-order valence-corrected chi connectivity index (χ3v) is 14.0. The predicted molar refractivity (Wildman–Crippen MR) is 339 cm³/mol. The van der Waals surface area contributed by atoms with Gasteiger partial charge in [0.15, 0.2) is 6.10 Å². The summed E-state index contributed by atoms with van der Waals surface area (Å²) < 4.78 is 16.9. The van der Waals surface area contributed by atoms with Crippen LogP contribution in [0.25, 0.3) is 0 Å². The summed E-state index contributed by atoms with van der Waals surface area (Å²) in [5, 5.41) is 0. The zero-order valence-electron chi connectivity index (χ0n) is 51.2. The average Bonchev–Trinajstić information content (AvgIpc) is 3.44. The molecule has 0 N–H and O–H groups in total. The molecule has 0 radical (unpaired) electrons. The van der Waals surface area contributed by atoms with Crippen molar-refractivity contribution < 1.29 is 28.6 Å². The molecule has 0 saturated heterocycles. The fraction of sp³-hybridized carbons (Fsp3) is 0.708. The summed E-state index contributed by atoms with van der Waals surface area (Å²) in [4.78, 5) is 38.3. The Labute approximate surface area is 482 Å². The van der Waals surface area contributed by atoms with Gasteiger partial charge in [0, 0.05) is 19.3 Å². The van der Waals surface area contributed by atoms with E-state index in [1.54, 1.807) is 0 Å². The summed E-state index contributed by atoms with van der Waals surface area (Å²) in [6.45, 7) is 6.51. The molecule has 0 aliphatic heterocycles. The van der Waals surface area contributed by atoms with E-state index in [-0.39, 0.29) is 37.5 Å². The monoisotopic (exact) mass is 1080 g/mol. The number of hydrogen-bond donors (Lipinski definition) is 0. The molecule has 6 heteroatoms. The fourth-order valence-corrected chi connectivity index (χ4v) is 9.15. The summed E-state index contributed by atoms with van der Waals surface area (Å²) in [5.41, 5.74) is 0. The first kappa shape index (κ1) is 74.1. The lowest BCUT2D eigenvalue weighted by Gasteiger charge is -2.18. The summed E-state index contributed by atoms with van der Waals surface area (Å²) >= 11 is 0. The topological polar surface area (TPSA) is 78.9 Å². The van der Waals surface area contributed by atoms with Gasteiger partial charge in [-0.3, -0.25) is 14.4 Å². The molecule has 0 spiro atoms. The van der Waals surface area contributed by atoms with Crippen molar-refractivity contribution in [3.63, 3.8) is 0 Å². The van der Waals surface area contributed by atoms with Crippen LogP contribution in [-0.4, -0.2) is 37.2 Å². The van der Waals surface area contributed by atoms with Gasteiger partial charge in [-0.15, -0.1) is 0 Å². The van der Waals surface area contributed by atoms with E-state index in [9.17, 15) is 14.4 Å². The van der Waals surface area contributed by atoms with E-state index in [0.29, 0.717) is 19.3 Å². The number of esters is 3. The highest BCUT2D eigenvalue weighted by molar-refractivity contribution is 5.71. The van der Waals surface area contributed by atoms with E-state index in [2.05, 4.69) is 130 Å². The van der Waals surface area contributed by atoms with E-state index in [1.807, 2.05) is 0 Å². The maximum Gasteiger partial charge on any atom is 0.306 e. The highest BCUT2D eigenvalue weighted by atomic mass is 16.6. The largest absolute Gasteiger partial charge is 0.462 e. The molecule has 0 aliphatic rings. The Morgan fingerprint density at radius 2 is 0.500 bits per heavy atom. The van der Waals surface area contributed by atoms with Gasteiger partial charge in [0.25, 0.3) is 0 Å². The summed E-state index contributed by atoms with van der Waals surface area (Å²) in [7, 11) is 0. The Bertz CT molecular complexity index is 1570. The van der Waals surface area contributed by atoms with Crippen molar-refractivity contribution in [1.82, 2.24) is 0 Å². The maximum atomic E-state index is 12.9. The van der Waals surface area contributed by atoms with Gasteiger partial charge >= 0.3 is 17.9 Å². The van der Waals surface area contributed by atoms with E-state index >= 15 is 0 Å². The second kappa shape index (κ2) is 65.6. The van der Waals surface area contributed by atoms with Crippen molar-refractivity contribution in [2.45, 2.75) is 316 Å². The molecule has 0 bridgehead atoms. The van der Waals surface area contributed by atoms with E-state index in [0.717, 1.165) is 103 Å². The van der Waals surface area contributed by atoms with Gasteiger partial charge < -0.3 is 14.2 Å². The van der Waals surface area contributed by atoms with Crippen LogP contribution in [0.1, 0.15) is 310 Å². The van der Waals surface area contributed by atoms with Gasteiger partial charge in [0.1, 0.15) is 13.2 Å². The van der Waals surface area contributed by atoms with Crippen LogP contribution in [0.15, 0.2) is 109 Å². The standard InChI is InChI=1S/C72H122O6/c1-4-7-10-13-16-19-22-25-27-29-31-32-33-34-35-36-37-38-39-40-42-43-45-47-50-53-56-59-62-65-71(74)77-68-69(67-76-70(73)64-61-58-55-52-49-24-21-18-15-12-9-6-3)78-72(75)66-63-60-57-54-51-48-46-44-41-30-28-26-23-20-17-14-11-8-5-2/h7,10,16,19,25,27,31-32,34-35,37-38,40,42,45,47,53,56,69H,4-6,8-9,11-15,17-18,20-24,26,28-30,33,36,39,41,43-44,46,48-52,54-55,57-68H2,1-3H3/b10-7-,19-16-,27-25-,32-31-,35-34-,38-37-,42-40-,47-45-,56-53-. The van der Waals surface area contributed by atoms with Gasteiger partial charge in [0.05, 0.1) is 0 Å². The highest BCUT2D eigenvalue weighted by Crippen LogP contribution is 2.17. The SMILES string of the molecule is CC/C=C\C/C=C\C/C=C\C/C=C\C/C=C\C/C=C\C/C=C\C/C=C\C/C=C\CCCC(=O)OCC(COC(=O)CCCCCCCCCCCCCC)OC(=O)CCCCCCCCCCCCCCCCCCCCC. The van der Waals surface area contributed by atoms with Crippen LogP contribution in [0.4, 0.5) is 0 Å². The number of carbonyl (C=O) groups is 3. The van der Waals surface area contributed by atoms with Crippen LogP contribution in [0, 0.1) is 0 Å². The van der Waals surface area contributed by atoms with Crippen molar-refractivity contribution in [3.8, 4) is 0 Å². The molecule has 6 nitrogen and oxygen atoms in total. The van der Waals surface area contributed by atoms with Crippen molar-refractivity contribution >= 4 is 17.9 Å². The second-order valence-corrected chi connectivity index (χ2v) is 21.7. The number of hydrogen-bond acceptors (Lipinski definition) is 6. The van der Waals surface area contributed by atoms with Crippen LogP contribution in [-0.2, 0) is 28.6 Å². The van der Waals surface area contributed by atoms with Gasteiger partial charge in [-0.25, -0.2) is 0 Å². The first-order valence-corrected chi connectivity index (χ1v) is 32.9.